The zero-order valence-corrected chi connectivity index (χ0v) is 18.2. The molecule has 1 fully saturated rings. The molecule has 3 aromatic carbocycles. The summed E-state index contributed by atoms with van der Waals surface area (Å²) in [6.07, 6.45) is 1.85. The third-order valence-electron chi connectivity index (χ3n) is 4.50. The molecule has 1 aliphatic rings. The fourth-order valence-electron chi connectivity index (χ4n) is 2.99. The zero-order valence-electron chi connectivity index (χ0n) is 15.0. The summed E-state index contributed by atoms with van der Waals surface area (Å²) in [5.74, 6) is 0.690. The highest BCUT2D eigenvalue weighted by molar-refractivity contribution is 9.10. The van der Waals surface area contributed by atoms with Crippen molar-refractivity contribution < 1.29 is 9.53 Å². The summed E-state index contributed by atoms with van der Waals surface area (Å²) in [4.78, 5) is 14.3. The van der Waals surface area contributed by atoms with Crippen molar-refractivity contribution in [3.63, 3.8) is 0 Å². The molecule has 1 saturated heterocycles. The van der Waals surface area contributed by atoms with Gasteiger partial charge in [0.2, 0.25) is 0 Å². The summed E-state index contributed by atoms with van der Waals surface area (Å²) < 4.78 is 7.46. The number of ether oxygens (including phenoxy) is 1. The van der Waals surface area contributed by atoms with Crippen LogP contribution in [-0.2, 0) is 11.4 Å². The first-order valence-corrected chi connectivity index (χ1v) is 10.7. The van der Waals surface area contributed by atoms with E-state index in [2.05, 4.69) is 40.2 Å². The van der Waals surface area contributed by atoms with Gasteiger partial charge in [0.15, 0.2) is 0 Å². The van der Waals surface area contributed by atoms with E-state index in [4.69, 9.17) is 17.0 Å². The van der Waals surface area contributed by atoms with Crippen LogP contribution < -0.4 is 4.74 Å². The number of thioether (sulfide) groups is 1. The molecular weight excluding hydrogens is 454 g/mol. The van der Waals surface area contributed by atoms with Crippen LogP contribution in [-0.4, -0.2) is 22.2 Å². The van der Waals surface area contributed by atoms with Gasteiger partial charge in [0, 0.05) is 7.05 Å². The van der Waals surface area contributed by atoms with E-state index in [0.29, 0.717) is 15.8 Å². The topological polar surface area (TPSA) is 29.5 Å². The second-order valence-electron chi connectivity index (χ2n) is 6.36. The highest BCUT2D eigenvalue weighted by Gasteiger charge is 2.28. The Hall–Kier alpha value is -2.15. The molecule has 28 heavy (non-hydrogen) atoms. The van der Waals surface area contributed by atoms with Crippen LogP contribution in [0.3, 0.4) is 0 Å². The van der Waals surface area contributed by atoms with Gasteiger partial charge in [-0.2, -0.15) is 0 Å². The Balaban J connectivity index is 1.52. The van der Waals surface area contributed by atoms with Gasteiger partial charge in [-0.05, 0) is 56.0 Å². The molecule has 1 heterocycles. The molecule has 1 amide bonds. The van der Waals surface area contributed by atoms with Gasteiger partial charge >= 0.3 is 0 Å². The van der Waals surface area contributed by atoms with E-state index in [-0.39, 0.29) is 5.91 Å². The number of amides is 1. The van der Waals surface area contributed by atoms with Crippen molar-refractivity contribution in [2.75, 3.05) is 7.05 Å². The van der Waals surface area contributed by atoms with Crippen LogP contribution in [0.2, 0.25) is 0 Å². The first-order valence-electron chi connectivity index (χ1n) is 8.63. The lowest BCUT2D eigenvalue weighted by molar-refractivity contribution is -0.121. The van der Waals surface area contributed by atoms with Crippen molar-refractivity contribution in [2.45, 2.75) is 6.61 Å². The van der Waals surface area contributed by atoms with Crippen molar-refractivity contribution in [1.82, 2.24) is 4.90 Å². The lowest BCUT2D eigenvalue weighted by atomic mass is 10.1. The first kappa shape index (κ1) is 19.2. The SMILES string of the molecule is CN1C(=O)C(=Cc2ccc(OCc3cccc4ccccc34)c(Br)c2)SC1=S. The summed E-state index contributed by atoms with van der Waals surface area (Å²) in [5.41, 5.74) is 2.05. The number of thiocarbonyl (C=S) groups is 1. The number of rotatable bonds is 4. The first-order chi connectivity index (χ1) is 13.5. The van der Waals surface area contributed by atoms with Crippen molar-refractivity contribution in [1.29, 1.82) is 0 Å². The van der Waals surface area contributed by atoms with Gasteiger partial charge in [-0.25, -0.2) is 0 Å². The molecule has 0 aromatic heterocycles. The van der Waals surface area contributed by atoms with E-state index in [1.54, 1.807) is 7.05 Å². The number of fused-ring (bicyclic) bond motifs is 1. The third-order valence-corrected chi connectivity index (χ3v) is 6.61. The Kier molecular flexibility index (Phi) is 5.53. The quantitative estimate of drug-likeness (QED) is 0.345. The van der Waals surface area contributed by atoms with Crippen LogP contribution in [0, 0.1) is 0 Å². The molecule has 1 aliphatic heterocycles. The maximum absolute atomic E-state index is 12.2. The van der Waals surface area contributed by atoms with Gasteiger partial charge < -0.3 is 4.74 Å². The van der Waals surface area contributed by atoms with E-state index >= 15 is 0 Å². The van der Waals surface area contributed by atoms with Crippen LogP contribution in [0.25, 0.3) is 16.8 Å². The Morgan fingerprint density at radius 1 is 1.14 bits per heavy atom. The number of hydrogen-bond donors (Lipinski definition) is 0. The van der Waals surface area contributed by atoms with Crippen LogP contribution in [0.4, 0.5) is 0 Å². The standard InChI is InChI=1S/C22H16BrNO2S2/c1-24-21(25)20(28-22(24)27)12-14-9-10-19(18(23)11-14)26-13-16-7-4-6-15-5-2-3-8-17(15)16/h2-12H,13H2,1H3. The van der Waals surface area contributed by atoms with E-state index < -0.39 is 0 Å². The minimum absolute atomic E-state index is 0.0672. The predicted molar refractivity (Wildman–Crippen MR) is 123 cm³/mol. The smallest absolute Gasteiger partial charge is 0.265 e. The number of halogens is 1. The average Bonchev–Trinajstić information content (AvgIpc) is 2.94. The molecule has 0 aliphatic carbocycles. The number of benzene rings is 3. The Labute approximate surface area is 181 Å². The molecule has 0 bridgehead atoms. The number of likely N-dealkylation sites (N-methyl/N-ethyl adjacent to an activating group) is 1. The number of carbonyl (C=O) groups is 1. The summed E-state index contributed by atoms with van der Waals surface area (Å²) in [5, 5.41) is 2.39. The second-order valence-corrected chi connectivity index (χ2v) is 8.89. The minimum atomic E-state index is -0.0672. The molecule has 4 rings (SSSR count). The molecule has 0 radical (unpaired) electrons. The molecule has 3 aromatic rings. The van der Waals surface area contributed by atoms with Crippen LogP contribution in [0.15, 0.2) is 70.0 Å². The number of nitrogens with zero attached hydrogens (tertiary/aromatic N) is 1. The van der Waals surface area contributed by atoms with Gasteiger partial charge in [0.1, 0.15) is 16.7 Å². The lowest BCUT2D eigenvalue weighted by Gasteiger charge is -2.11. The molecular formula is C22H16BrNO2S2. The molecule has 3 nitrogen and oxygen atoms in total. The molecule has 140 valence electrons. The Morgan fingerprint density at radius 3 is 2.68 bits per heavy atom. The van der Waals surface area contributed by atoms with Crippen LogP contribution >= 0.6 is 39.9 Å². The molecule has 0 unspecified atom stereocenters. The van der Waals surface area contributed by atoms with Gasteiger partial charge in [0.05, 0.1) is 9.38 Å². The van der Waals surface area contributed by atoms with Gasteiger partial charge in [-0.1, -0.05) is 72.5 Å². The zero-order chi connectivity index (χ0) is 19.7. The van der Waals surface area contributed by atoms with Gasteiger partial charge in [-0.3, -0.25) is 9.69 Å². The van der Waals surface area contributed by atoms with E-state index in [0.717, 1.165) is 21.3 Å². The van der Waals surface area contributed by atoms with Gasteiger partial charge in [-0.15, -0.1) is 0 Å². The van der Waals surface area contributed by atoms with E-state index in [9.17, 15) is 4.79 Å². The third kappa shape index (κ3) is 3.85. The number of carbonyl (C=O) groups excluding carboxylic acids is 1. The summed E-state index contributed by atoms with van der Waals surface area (Å²) in [7, 11) is 1.69. The highest BCUT2D eigenvalue weighted by atomic mass is 79.9. The van der Waals surface area contributed by atoms with E-state index in [1.165, 1.54) is 27.4 Å². The van der Waals surface area contributed by atoms with Crippen molar-refractivity contribution >= 4 is 67.0 Å². The molecule has 0 saturated carbocycles. The monoisotopic (exact) mass is 469 g/mol. The van der Waals surface area contributed by atoms with Crippen molar-refractivity contribution in [2.24, 2.45) is 0 Å². The van der Waals surface area contributed by atoms with Crippen LogP contribution in [0.1, 0.15) is 11.1 Å². The fourth-order valence-corrected chi connectivity index (χ4v) is 4.69. The minimum Gasteiger partial charge on any atom is -0.488 e. The molecule has 6 heteroatoms. The average molecular weight is 470 g/mol. The summed E-state index contributed by atoms with van der Waals surface area (Å²) in [6, 6.07) is 20.3. The fraction of sp³-hybridized carbons (Fsp3) is 0.0909. The molecule has 0 atom stereocenters. The molecule has 0 N–H and O–H groups in total. The number of hydrogen-bond acceptors (Lipinski definition) is 4. The summed E-state index contributed by atoms with van der Waals surface area (Å²) >= 11 is 10.1. The van der Waals surface area contributed by atoms with Gasteiger partial charge in [0.25, 0.3) is 5.91 Å². The highest BCUT2D eigenvalue weighted by Crippen LogP contribution is 2.33. The van der Waals surface area contributed by atoms with Crippen molar-refractivity contribution in [3.05, 3.63) is 81.2 Å². The Morgan fingerprint density at radius 2 is 1.93 bits per heavy atom. The predicted octanol–water partition coefficient (Wildman–Crippen LogP) is 6.01. The van der Waals surface area contributed by atoms with E-state index in [1.807, 2.05) is 42.5 Å². The lowest BCUT2D eigenvalue weighted by Crippen LogP contribution is -2.22. The van der Waals surface area contributed by atoms with Crippen molar-refractivity contribution in [3.8, 4) is 5.75 Å². The summed E-state index contributed by atoms with van der Waals surface area (Å²) in [6.45, 7) is 0.480. The maximum atomic E-state index is 12.2. The largest absolute Gasteiger partial charge is 0.488 e. The maximum Gasteiger partial charge on any atom is 0.265 e. The second kappa shape index (κ2) is 8.07. The normalized spacial score (nSPS) is 15.6. The van der Waals surface area contributed by atoms with Crippen LogP contribution in [0.5, 0.6) is 5.75 Å². The molecule has 0 spiro atoms. The Bertz CT molecular complexity index is 1120.